The summed E-state index contributed by atoms with van der Waals surface area (Å²) in [5, 5.41) is 0. The van der Waals surface area contributed by atoms with Crippen molar-refractivity contribution in [2.75, 3.05) is 7.11 Å². The summed E-state index contributed by atoms with van der Waals surface area (Å²) >= 11 is -9.36. The van der Waals surface area contributed by atoms with Gasteiger partial charge in [0.15, 0.2) is 0 Å². The molecular formula is C25H46O3Sn4. The Labute approximate surface area is 214 Å². The molecule has 180 valence electrons. The Morgan fingerprint density at radius 1 is 0.688 bits per heavy atom. The second kappa shape index (κ2) is 11.5. The van der Waals surface area contributed by atoms with E-state index in [4.69, 9.17) is 9.47 Å². The molecule has 0 aromatic heterocycles. The van der Waals surface area contributed by atoms with Crippen LogP contribution < -0.4 is 9.47 Å². The average Bonchev–Trinajstić information content (AvgIpc) is 2.54. The molecule has 0 bridgehead atoms. The van der Waals surface area contributed by atoms with Gasteiger partial charge in [0.1, 0.15) is 0 Å². The predicted molar refractivity (Wildman–Crippen MR) is 154 cm³/mol. The molecule has 1 aromatic rings. The third kappa shape index (κ3) is 9.32. The van der Waals surface area contributed by atoms with Gasteiger partial charge in [-0.15, -0.1) is 0 Å². The SMILES string of the molecule is COc1cc(C=[C]([Sn]([CH3])([CH3])[CH3])[Sn]([CH3])([CH3])[CH3])c(OC(C)=O)c(C=[C]([Sn]([CH3])([CH3])[CH3])[Sn]([CH3])([CH3])[CH3])c1. The number of carbonyl (C=O) groups excluding carboxylic acids is 1. The Balaban J connectivity index is 4.10. The van der Waals surface area contributed by atoms with Crippen molar-refractivity contribution < 1.29 is 14.3 Å². The Kier molecular flexibility index (Phi) is 11.2. The third-order valence-electron chi connectivity index (χ3n) is 5.43. The Bertz CT molecular complexity index is 808. The fourth-order valence-electron chi connectivity index (χ4n) is 4.67. The molecule has 1 rings (SSSR count). The maximum absolute atomic E-state index is 12.2. The minimum atomic E-state index is -2.34. The molecular weight excluding hydrogens is 823 g/mol. The van der Waals surface area contributed by atoms with Crippen LogP contribution in [0.3, 0.4) is 0 Å². The van der Waals surface area contributed by atoms with E-state index in [-0.39, 0.29) is 5.97 Å². The van der Waals surface area contributed by atoms with Crippen molar-refractivity contribution in [3.05, 3.63) is 26.5 Å². The standard InChI is InChI=1S/C13H10O3.12CH3.4Sn/c1-5-10-7-12(15-4)8-11(6-2)13(10)16-9(3)14;;;;;;;;;;;;;;;;/h5-8H,3-4H3;12*1H3;;;;. The molecule has 32 heavy (non-hydrogen) atoms. The normalized spacial score (nSPS) is 12.8. The zero-order valence-electron chi connectivity index (χ0n) is 23.0. The molecule has 0 heterocycles. The second-order valence-electron chi connectivity index (χ2n) is 12.8. The molecule has 0 spiro atoms. The monoisotopic (exact) mass is 874 g/mol. The summed E-state index contributed by atoms with van der Waals surface area (Å²) in [7, 11) is 1.72. The number of ether oxygens (including phenoxy) is 2. The number of esters is 1. The minimum absolute atomic E-state index is 0.264. The van der Waals surface area contributed by atoms with Crippen LogP contribution in [0.5, 0.6) is 11.5 Å². The number of benzene rings is 1. The van der Waals surface area contributed by atoms with Crippen LogP contribution in [0, 0.1) is 0 Å². The van der Waals surface area contributed by atoms with Gasteiger partial charge in [-0.3, -0.25) is 0 Å². The van der Waals surface area contributed by atoms with Crippen molar-refractivity contribution in [3.63, 3.8) is 0 Å². The summed E-state index contributed by atoms with van der Waals surface area (Å²) in [4.78, 5) is 42.1. The van der Waals surface area contributed by atoms with E-state index in [1.165, 1.54) is 6.92 Å². The Morgan fingerprint density at radius 2 is 1.00 bits per heavy atom. The van der Waals surface area contributed by atoms with Gasteiger partial charge in [0.05, 0.1) is 0 Å². The fraction of sp³-hybridized carbons (Fsp3) is 0.560. The number of hydrogen-bond acceptors (Lipinski definition) is 3. The summed E-state index contributed by atoms with van der Waals surface area (Å²) < 4.78 is 15.1. The Hall–Kier alpha value is 1.16. The fourth-order valence-corrected chi connectivity index (χ4v) is 110. The molecule has 0 aliphatic rings. The van der Waals surface area contributed by atoms with Gasteiger partial charge in [-0.1, -0.05) is 0 Å². The van der Waals surface area contributed by atoms with Crippen molar-refractivity contribution >= 4 is 91.6 Å². The second-order valence-corrected chi connectivity index (χ2v) is 78.5. The molecule has 7 heteroatoms. The number of hydrogen-bond donors (Lipinski definition) is 0. The zero-order chi connectivity index (χ0) is 25.3. The van der Waals surface area contributed by atoms with Crippen LogP contribution in [0.25, 0.3) is 12.2 Å². The van der Waals surface area contributed by atoms with Gasteiger partial charge in [-0.05, 0) is 0 Å². The first-order valence-corrected chi connectivity index (χ1v) is 51.5. The van der Waals surface area contributed by atoms with E-state index in [1.807, 2.05) is 0 Å². The van der Waals surface area contributed by atoms with Crippen LogP contribution >= 0.6 is 0 Å². The first-order chi connectivity index (χ1) is 14.2. The molecule has 0 atom stereocenters. The van der Waals surface area contributed by atoms with Gasteiger partial charge < -0.3 is 0 Å². The summed E-state index contributed by atoms with van der Waals surface area (Å²) in [5.74, 6) is 1.28. The van der Waals surface area contributed by atoms with Crippen LogP contribution in [0.4, 0.5) is 0 Å². The first-order valence-electron chi connectivity index (χ1n) is 11.5. The van der Waals surface area contributed by atoms with E-state index in [0.29, 0.717) is 5.75 Å². The van der Waals surface area contributed by atoms with Crippen molar-refractivity contribution in [3.8, 4) is 11.5 Å². The van der Waals surface area contributed by atoms with Crippen LogP contribution in [-0.2, 0) is 4.79 Å². The molecule has 0 N–H and O–H groups in total. The van der Waals surface area contributed by atoms with Crippen molar-refractivity contribution in [2.45, 2.75) is 66.2 Å². The molecule has 1 aromatic carbocycles. The predicted octanol–water partition coefficient (Wildman–Crippen LogP) is 7.90. The summed E-state index contributed by atoms with van der Waals surface area (Å²) in [5.41, 5.74) is 2.01. The molecule has 0 fully saturated rings. The molecule has 0 saturated heterocycles. The van der Waals surface area contributed by atoms with Crippen LogP contribution in [0.1, 0.15) is 18.1 Å². The van der Waals surface area contributed by atoms with Gasteiger partial charge in [0, 0.05) is 0 Å². The van der Waals surface area contributed by atoms with Crippen molar-refractivity contribution in [2.24, 2.45) is 0 Å². The topological polar surface area (TPSA) is 35.5 Å². The molecule has 0 amide bonds. The molecule has 3 nitrogen and oxygen atoms in total. The van der Waals surface area contributed by atoms with Gasteiger partial charge in [0.2, 0.25) is 0 Å². The van der Waals surface area contributed by atoms with Crippen molar-refractivity contribution in [1.29, 1.82) is 0 Å². The van der Waals surface area contributed by atoms with Crippen LogP contribution in [0.15, 0.2) is 15.3 Å². The van der Waals surface area contributed by atoms with E-state index in [0.717, 1.165) is 16.9 Å². The van der Waals surface area contributed by atoms with Gasteiger partial charge in [0.25, 0.3) is 0 Å². The number of methoxy groups -OCH3 is 1. The van der Waals surface area contributed by atoms with E-state index in [2.05, 4.69) is 83.6 Å². The van der Waals surface area contributed by atoms with E-state index in [9.17, 15) is 4.79 Å². The van der Waals surface area contributed by atoms with Crippen LogP contribution in [0.2, 0.25) is 59.3 Å². The van der Waals surface area contributed by atoms with Gasteiger partial charge >= 0.3 is 217 Å². The average molecular weight is 869 g/mol. The molecule has 0 radical (unpaired) electrons. The van der Waals surface area contributed by atoms with E-state index >= 15 is 0 Å². The summed E-state index contributed by atoms with van der Waals surface area (Å²) in [6, 6.07) is 4.12. The summed E-state index contributed by atoms with van der Waals surface area (Å²) in [6.45, 7) is 1.50. The quantitative estimate of drug-likeness (QED) is 0.152. The summed E-state index contributed by atoms with van der Waals surface area (Å²) in [6.07, 6.45) is 4.79. The number of rotatable bonds is 8. The molecule has 0 unspecified atom stereocenters. The van der Waals surface area contributed by atoms with Gasteiger partial charge in [-0.25, -0.2) is 0 Å². The third-order valence-corrected chi connectivity index (χ3v) is 83.0. The Morgan fingerprint density at radius 3 is 1.22 bits per heavy atom. The molecule has 0 aliphatic carbocycles. The van der Waals surface area contributed by atoms with E-state index < -0.39 is 73.5 Å². The van der Waals surface area contributed by atoms with E-state index in [1.54, 1.807) is 10.3 Å². The zero-order valence-corrected chi connectivity index (χ0v) is 34.5. The number of carbonyl (C=O) groups is 1. The van der Waals surface area contributed by atoms with Gasteiger partial charge in [-0.2, -0.15) is 0 Å². The molecule has 0 aliphatic heterocycles. The van der Waals surface area contributed by atoms with Crippen molar-refractivity contribution in [1.82, 2.24) is 0 Å². The van der Waals surface area contributed by atoms with Crippen LogP contribution in [-0.4, -0.2) is 86.6 Å². The maximum atomic E-state index is 12.2. The first kappa shape index (κ1) is 31.2. The molecule has 0 saturated carbocycles.